The molecule has 1 aliphatic rings. The second-order valence-corrected chi connectivity index (χ2v) is 1.62. The summed E-state index contributed by atoms with van der Waals surface area (Å²) < 4.78 is 4.93. The topological polar surface area (TPSA) is 9.23 Å². The zero-order valence-corrected chi connectivity index (χ0v) is 3.68. The minimum atomic E-state index is 0.324. The molecule has 1 heteroatoms. The van der Waals surface area contributed by atoms with Gasteiger partial charge in [-0.15, -0.1) is 0 Å². The third kappa shape index (κ3) is 0.716. The van der Waals surface area contributed by atoms with Crippen LogP contribution in [-0.2, 0) is 4.74 Å². The van der Waals surface area contributed by atoms with Crippen molar-refractivity contribution in [2.24, 2.45) is 5.92 Å². The van der Waals surface area contributed by atoms with Crippen molar-refractivity contribution in [3.63, 3.8) is 0 Å². The quantitative estimate of drug-likeness (QED) is 0.420. The first-order valence-electron chi connectivity index (χ1n) is 2.23. The van der Waals surface area contributed by atoms with Gasteiger partial charge >= 0.3 is 0 Å². The van der Waals surface area contributed by atoms with Crippen molar-refractivity contribution in [1.29, 1.82) is 0 Å². The Hall–Kier alpha value is -0.0400. The maximum Gasteiger partial charge on any atom is 0.0497 e. The Bertz CT molecular complexity index is 37.2. The van der Waals surface area contributed by atoms with Crippen LogP contribution >= 0.6 is 0 Å². The fourth-order valence-corrected chi connectivity index (χ4v) is 0.553. The highest BCUT2D eigenvalue weighted by Crippen LogP contribution is 2.08. The molecule has 1 atom stereocenters. The van der Waals surface area contributed by atoms with Gasteiger partial charge in [-0.05, 0) is 19.3 Å². The SMILES string of the molecule is [CH]C1CCOC1. The highest BCUT2D eigenvalue weighted by Gasteiger charge is 2.07. The zero-order valence-electron chi connectivity index (χ0n) is 3.68. The van der Waals surface area contributed by atoms with Crippen LogP contribution in [0.1, 0.15) is 6.42 Å². The van der Waals surface area contributed by atoms with Gasteiger partial charge in [0.2, 0.25) is 0 Å². The maximum atomic E-state index is 5.41. The van der Waals surface area contributed by atoms with Gasteiger partial charge in [0.05, 0.1) is 0 Å². The van der Waals surface area contributed by atoms with Gasteiger partial charge in [-0.2, -0.15) is 0 Å². The predicted molar refractivity (Wildman–Crippen MR) is 23.2 cm³/mol. The van der Waals surface area contributed by atoms with Crippen LogP contribution in [0.5, 0.6) is 0 Å². The van der Waals surface area contributed by atoms with Crippen LogP contribution in [0, 0.1) is 12.8 Å². The predicted octanol–water partition coefficient (Wildman–Crippen LogP) is 0.734. The van der Waals surface area contributed by atoms with Gasteiger partial charge in [0, 0.05) is 13.2 Å². The Labute approximate surface area is 38.3 Å². The van der Waals surface area contributed by atoms with Gasteiger partial charge in [-0.1, -0.05) is 0 Å². The highest BCUT2D eigenvalue weighted by molar-refractivity contribution is 4.64. The molecule has 0 saturated carbocycles. The normalized spacial score (nSPS) is 34.5. The molecule has 1 rings (SSSR count). The molecule has 34 valence electrons. The monoisotopic (exact) mass is 84.1 g/mol. The molecule has 1 aliphatic heterocycles. The van der Waals surface area contributed by atoms with Gasteiger partial charge in [0.25, 0.3) is 0 Å². The van der Waals surface area contributed by atoms with Crippen molar-refractivity contribution in [2.75, 3.05) is 13.2 Å². The molecule has 0 aliphatic carbocycles. The molecule has 1 unspecified atom stereocenters. The van der Waals surface area contributed by atoms with E-state index in [1.165, 1.54) is 0 Å². The highest BCUT2D eigenvalue weighted by atomic mass is 16.5. The van der Waals surface area contributed by atoms with Crippen LogP contribution in [0.2, 0.25) is 0 Å². The molecule has 0 aromatic heterocycles. The largest absolute Gasteiger partial charge is 0.381 e. The Morgan fingerprint density at radius 1 is 1.67 bits per heavy atom. The minimum Gasteiger partial charge on any atom is -0.381 e. The zero-order chi connectivity index (χ0) is 4.41. The summed E-state index contributed by atoms with van der Waals surface area (Å²) in [5.74, 6) is 0.324. The third-order valence-electron chi connectivity index (χ3n) is 0.965. The van der Waals surface area contributed by atoms with E-state index in [1.807, 2.05) is 0 Å². The molecule has 2 radical (unpaired) electrons. The molecule has 0 amide bonds. The van der Waals surface area contributed by atoms with Crippen LogP contribution in [0.15, 0.2) is 0 Å². The lowest BCUT2D eigenvalue weighted by molar-refractivity contribution is 0.191. The van der Waals surface area contributed by atoms with Crippen LogP contribution in [0.4, 0.5) is 0 Å². The van der Waals surface area contributed by atoms with E-state index in [4.69, 9.17) is 11.7 Å². The summed E-state index contributed by atoms with van der Waals surface area (Å²) in [5, 5.41) is 0. The van der Waals surface area contributed by atoms with E-state index in [2.05, 4.69) is 0 Å². The fraction of sp³-hybridized carbons (Fsp3) is 0.800. The maximum absolute atomic E-state index is 5.41. The number of rotatable bonds is 0. The molecule has 0 N–H and O–H groups in total. The lowest BCUT2D eigenvalue weighted by Crippen LogP contribution is -1.88. The molecule has 6 heavy (non-hydrogen) atoms. The van der Waals surface area contributed by atoms with E-state index in [0.29, 0.717) is 5.92 Å². The van der Waals surface area contributed by atoms with Gasteiger partial charge in [0.15, 0.2) is 0 Å². The van der Waals surface area contributed by atoms with E-state index in [0.717, 1.165) is 19.6 Å². The van der Waals surface area contributed by atoms with Crippen molar-refractivity contribution in [3.05, 3.63) is 6.92 Å². The summed E-state index contributed by atoms with van der Waals surface area (Å²) in [6.07, 6.45) is 1.04. The molecule has 0 spiro atoms. The summed E-state index contributed by atoms with van der Waals surface area (Å²) in [5.41, 5.74) is 0. The van der Waals surface area contributed by atoms with Crippen LogP contribution in [0.25, 0.3) is 0 Å². The number of hydrogen-bond donors (Lipinski definition) is 0. The first kappa shape index (κ1) is 4.13. The molecule has 1 saturated heterocycles. The number of hydrogen-bond acceptors (Lipinski definition) is 1. The van der Waals surface area contributed by atoms with E-state index in [9.17, 15) is 0 Å². The second-order valence-electron chi connectivity index (χ2n) is 1.62. The van der Waals surface area contributed by atoms with Crippen LogP contribution < -0.4 is 0 Å². The molecular formula is C5H8O. The molecular weight excluding hydrogens is 76.1 g/mol. The van der Waals surface area contributed by atoms with E-state index < -0.39 is 0 Å². The average molecular weight is 84.1 g/mol. The van der Waals surface area contributed by atoms with Crippen LogP contribution in [0.3, 0.4) is 0 Å². The molecule has 1 heterocycles. The summed E-state index contributed by atoms with van der Waals surface area (Å²) in [6, 6.07) is 0. The van der Waals surface area contributed by atoms with Crippen LogP contribution in [-0.4, -0.2) is 13.2 Å². The Morgan fingerprint density at radius 3 is 2.67 bits per heavy atom. The Kier molecular flexibility index (Phi) is 1.10. The van der Waals surface area contributed by atoms with Gasteiger partial charge < -0.3 is 4.74 Å². The van der Waals surface area contributed by atoms with Crippen molar-refractivity contribution >= 4 is 0 Å². The van der Waals surface area contributed by atoms with E-state index in [-0.39, 0.29) is 0 Å². The van der Waals surface area contributed by atoms with Crippen molar-refractivity contribution in [2.45, 2.75) is 6.42 Å². The Balaban J connectivity index is 2.18. The number of ether oxygens (including phenoxy) is 1. The third-order valence-corrected chi connectivity index (χ3v) is 0.965. The first-order chi connectivity index (χ1) is 2.89. The molecule has 0 aromatic carbocycles. The van der Waals surface area contributed by atoms with Gasteiger partial charge in [-0.25, -0.2) is 0 Å². The summed E-state index contributed by atoms with van der Waals surface area (Å²) in [6.45, 7) is 7.04. The summed E-state index contributed by atoms with van der Waals surface area (Å²) in [4.78, 5) is 0. The van der Waals surface area contributed by atoms with Crippen molar-refractivity contribution in [1.82, 2.24) is 0 Å². The standard InChI is InChI=1S/C5H8O/c1-5-2-3-6-4-5/h1,5H,2-4H2. The smallest absolute Gasteiger partial charge is 0.0497 e. The lowest BCUT2D eigenvalue weighted by atomic mass is 10.2. The van der Waals surface area contributed by atoms with E-state index in [1.54, 1.807) is 0 Å². The second kappa shape index (κ2) is 1.61. The summed E-state index contributed by atoms with van der Waals surface area (Å²) in [7, 11) is 0. The van der Waals surface area contributed by atoms with Gasteiger partial charge in [0.1, 0.15) is 0 Å². The van der Waals surface area contributed by atoms with E-state index >= 15 is 0 Å². The average Bonchev–Trinajstić information content (AvgIpc) is 1.86. The molecule has 0 bridgehead atoms. The minimum absolute atomic E-state index is 0.324. The molecule has 1 fully saturated rings. The Morgan fingerprint density at radius 2 is 2.50 bits per heavy atom. The summed E-state index contributed by atoms with van der Waals surface area (Å²) >= 11 is 0. The van der Waals surface area contributed by atoms with Crippen molar-refractivity contribution < 1.29 is 4.74 Å². The fourth-order valence-electron chi connectivity index (χ4n) is 0.553. The van der Waals surface area contributed by atoms with Gasteiger partial charge in [-0.3, -0.25) is 0 Å². The molecule has 0 aromatic rings. The first-order valence-corrected chi connectivity index (χ1v) is 2.23. The van der Waals surface area contributed by atoms with Crippen molar-refractivity contribution in [3.8, 4) is 0 Å². The molecule has 1 nitrogen and oxygen atoms in total. The lowest BCUT2D eigenvalue weighted by Gasteiger charge is -1.88.